The standard InChI is InChI=1S/C12H11ClN2O3S/c1-3-18-12(16)11-14-10(15-19-11)8-5-4-7(13)6-9(8)17-2/h4-6H,3H2,1-2H3. The topological polar surface area (TPSA) is 61.3 Å². The van der Waals surface area contributed by atoms with Crippen LogP contribution in [0.25, 0.3) is 11.4 Å². The van der Waals surface area contributed by atoms with Gasteiger partial charge in [-0.2, -0.15) is 4.37 Å². The van der Waals surface area contributed by atoms with E-state index in [1.165, 1.54) is 7.11 Å². The van der Waals surface area contributed by atoms with Crippen LogP contribution in [0.4, 0.5) is 0 Å². The molecule has 0 unspecified atom stereocenters. The third-order valence-electron chi connectivity index (χ3n) is 2.28. The molecule has 2 rings (SSSR count). The van der Waals surface area contributed by atoms with Crippen LogP contribution in [0.1, 0.15) is 16.7 Å². The van der Waals surface area contributed by atoms with Gasteiger partial charge in [0.05, 0.1) is 19.3 Å². The minimum Gasteiger partial charge on any atom is -0.496 e. The number of aromatic nitrogens is 2. The molecular formula is C12H11ClN2O3S. The Balaban J connectivity index is 2.35. The predicted octanol–water partition coefficient (Wildman–Crippen LogP) is 3.04. The first-order valence-corrected chi connectivity index (χ1v) is 6.65. The summed E-state index contributed by atoms with van der Waals surface area (Å²) in [4.78, 5) is 15.7. The highest BCUT2D eigenvalue weighted by Crippen LogP contribution is 2.31. The van der Waals surface area contributed by atoms with Gasteiger partial charge in [0.25, 0.3) is 0 Å². The number of esters is 1. The molecule has 0 saturated carbocycles. The summed E-state index contributed by atoms with van der Waals surface area (Å²) in [5, 5.41) is 0.773. The number of carbonyl (C=O) groups is 1. The monoisotopic (exact) mass is 298 g/mol. The van der Waals surface area contributed by atoms with E-state index in [4.69, 9.17) is 21.1 Å². The fourth-order valence-electron chi connectivity index (χ4n) is 1.46. The number of halogens is 1. The number of methoxy groups -OCH3 is 1. The number of nitrogens with zero attached hydrogens (tertiary/aromatic N) is 2. The van der Waals surface area contributed by atoms with Crippen LogP contribution in [0.15, 0.2) is 18.2 Å². The first-order valence-electron chi connectivity index (χ1n) is 5.50. The maximum absolute atomic E-state index is 11.5. The molecule has 0 aliphatic heterocycles. The molecule has 0 N–H and O–H groups in total. The molecule has 1 heterocycles. The molecule has 0 bridgehead atoms. The smallest absolute Gasteiger partial charge is 0.369 e. The Morgan fingerprint density at radius 2 is 2.26 bits per heavy atom. The van der Waals surface area contributed by atoms with Gasteiger partial charge in [0, 0.05) is 5.02 Å². The Bertz CT molecular complexity index is 600. The third-order valence-corrected chi connectivity index (χ3v) is 3.21. The van der Waals surface area contributed by atoms with Crippen molar-refractivity contribution >= 4 is 29.1 Å². The third kappa shape index (κ3) is 3.02. The van der Waals surface area contributed by atoms with Crippen LogP contribution in [0, 0.1) is 0 Å². The molecular weight excluding hydrogens is 288 g/mol. The summed E-state index contributed by atoms with van der Waals surface area (Å²) in [6.45, 7) is 2.04. The first-order chi connectivity index (χ1) is 9.15. The molecule has 0 spiro atoms. The van der Waals surface area contributed by atoms with E-state index >= 15 is 0 Å². The molecule has 0 fully saturated rings. The maximum Gasteiger partial charge on any atom is 0.369 e. The van der Waals surface area contributed by atoms with E-state index in [0.717, 1.165) is 11.5 Å². The molecule has 0 amide bonds. The van der Waals surface area contributed by atoms with Crippen LogP contribution >= 0.6 is 23.1 Å². The molecule has 7 heteroatoms. The van der Waals surface area contributed by atoms with Crippen LogP contribution in [-0.2, 0) is 4.74 Å². The van der Waals surface area contributed by atoms with E-state index < -0.39 is 5.97 Å². The number of rotatable bonds is 4. The fraction of sp³-hybridized carbons (Fsp3) is 0.250. The Morgan fingerprint density at radius 1 is 1.47 bits per heavy atom. The van der Waals surface area contributed by atoms with E-state index in [-0.39, 0.29) is 5.01 Å². The highest BCUT2D eigenvalue weighted by atomic mass is 35.5. The SMILES string of the molecule is CCOC(=O)c1nc(-c2ccc(Cl)cc2OC)ns1. The normalized spacial score (nSPS) is 10.3. The van der Waals surface area contributed by atoms with Gasteiger partial charge in [-0.25, -0.2) is 9.78 Å². The van der Waals surface area contributed by atoms with Crippen LogP contribution in [-0.4, -0.2) is 29.0 Å². The highest BCUT2D eigenvalue weighted by Gasteiger charge is 2.17. The van der Waals surface area contributed by atoms with Crippen molar-refractivity contribution < 1.29 is 14.3 Å². The number of hydrogen-bond donors (Lipinski definition) is 0. The van der Waals surface area contributed by atoms with Crippen molar-refractivity contribution in [2.75, 3.05) is 13.7 Å². The van der Waals surface area contributed by atoms with Crippen molar-refractivity contribution in [2.45, 2.75) is 6.92 Å². The number of benzene rings is 1. The van der Waals surface area contributed by atoms with Crippen LogP contribution < -0.4 is 4.74 Å². The van der Waals surface area contributed by atoms with Gasteiger partial charge in [0.15, 0.2) is 5.82 Å². The minimum absolute atomic E-state index is 0.217. The van der Waals surface area contributed by atoms with Crippen molar-refractivity contribution in [2.24, 2.45) is 0 Å². The molecule has 2 aromatic rings. The zero-order valence-corrected chi connectivity index (χ0v) is 11.9. The second-order valence-corrected chi connectivity index (χ2v) is 4.68. The van der Waals surface area contributed by atoms with Gasteiger partial charge >= 0.3 is 5.97 Å². The average Bonchev–Trinajstić information content (AvgIpc) is 2.88. The Kier molecular flexibility index (Phi) is 4.34. The molecule has 5 nitrogen and oxygen atoms in total. The average molecular weight is 299 g/mol. The summed E-state index contributed by atoms with van der Waals surface area (Å²) in [5.74, 6) is 0.501. The number of hydrogen-bond acceptors (Lipinski definition) is 6. The molecule has 0 saturated heterocycles. The zero-order valence-electron chi connectivity index (χ0n) is 10.3. The van der Waals surface area contributed by atoms with E-state index in [9.17, 15) is 4.79 Å². The zero-order chi connectivity index (χ0) is 13.8. The van der Waals surface area contributed by atoms with E-state index in [0.29, 0.717) is 28.8 Å². The van der Waals surface area contributed by atoms with Crippen molar-refractivity contribution in [3.8, 4) is 17.1 Å². The van der Waals surface area contributed by atoms with Crippen LogP contribution in [0.5, 0.6) is 5.75 Å². The fourth-order valence-corrected chi connectivity index (χ4v) is 2.19. The van der Waals surface area contributed by atoms with Crippen molar-refractivity contribution in [1.29, 1.82) is 0 Å². The summed E-state index contributed by atoms with van der Waals surface area (Å²) >= 11 is 6.88. The second-order valence-electron chi connectivity index (χ2n) is 3.49. The lowest BCUT2D eigenvalue weighted by atomic mass is 10.2. The van der Waals surface area contributed by atoms with E-state index in [1.54, 1.807) is 25.1 Å². The molecule has 100 valence electrons. The minimum atomic E-state index is -0.473. The van der Waals surface area contributed by atoms with Gasteiger partial charge in [-0.15, -0.1) is 0 Å². The van der Waals surface area contributed by atoms with Gasteiger partial charge in [0.1, 0.15) is 5.75 Å². The van der Waals surface area contributed by atoms with E-state index in [1.807, 2.05) is 0 Å². The maximum atomic E-state index is 11.5. The lowest BCUT2D eigenvalue weighted by molar-refractivity contribution is 0.0526. The Hall–Kier alpha value is -1.66. The van der Waals surface area contributed by atoms with Crippen molar-refractivity contribution in [3.05, 3.63) is 28.2 Å². The number of carbonyl (C=O) groups excluding carboxylic acids is 1. The highest BCUT2D eigenvalue weighted by molar-refractivity contribution is 7.07. The van der Waals surface area contributed by atoms with Crippen molar-refractivity contribution in [1.82, 2.24) is 9.36 Å². The number of ether oxygens (including phenoxy) is 2. The molecule has 1 aromatic heterocycles. The predicted molar refractivity (Wildman–Crippen MR) is 72.9 cm³/mol. The van der Waals surface area contributed by atoms with Gasteiger partial charge in [0.2, 0.25) is 5.01 Å². The van der Waals surface area contributed by atoms with Crippen LogP contribution in [0.3, 0.4) is 0 Å². The van der Waals surface area contributed by atoms with E-state index in [2.05, 4.69) is 9.36 Å². The quantitative estimate of drug-likeness (QED) is 0.812. The molecule has 0 aliphatic rings. The summed E-state index contributed by atoms with van der Waals surface area (Å²) < 4.78 is 14.2. The molecule has 19 heavy (non-hydrogen) atoms. The summed E-state index contributed by atoms with van der Waals surface area (Å²) in [6, 6.07) is 5.13. The lowest BCUT2D eigenvalue weighted by Gasteiger charge is -2.05. The van der Waals surface area contributed by atoms with Gasteiger partial charge < -0.3 is 9.47 Å². The first kappa shape index (κ1) is 13.8. The van der Waals surface area contributed by atoms with Crippen molar-refractivity contribution in [3.63, 3.8) is 0 Å². The molecule has 1 aromatic carbocycles. The molecule has 0 radical (unpaired) electrons. The summed E-state index contributed by atoms with van der Waals surface area (Å²) in [6.07, 6.45) is 0. The van der Waals surface area contributed by atoms with Gasteiger partial charge in [-0.3, -0.25) is 0 Å². The second kappa shape index (κ2) is 5.99. The molecule has 0 atom stereocenters. The van der Waals surface area contributed by atoms with Gasteiger partial charge in [-0.1, -0.05) is 11.6 Å². The van der Waals surface area contributed by atoms with Gasteiger partial charge in [-0.05, 0) is 36.7 Å². The molecule has 0 aliphatic carbocycles. The Morgan fingerprint density at radius 3 is 2.95 bits per heavy atom. The largest absolute Gasteiger partial charge is 0.496 e. The summed E-state index contributed by atoms with van der Waals surface area (Å²) in [7, 11) is 1.54. The van der Waals surface area contributed by atoms with Crippen LogP contribution in [0.2, 0.25) is 5.02 Å². The summed E-state index contributed by atoms with van der Waals surface area (Å²) in [5.41, 5.74) is 0.679. The lowest BCUT2D eigenvalue weighted by Crippen LogP contribution is -2.03. The Labute approximate surface area is 119 Å².